The van der Waals surface area contributed by atoms with Crippen molar-refractivity contribution in [3.8, 4) is 0 Å². The number of carbonyl (C=O) groups excluding carboxylic acids is 1. The number of aliphatic hydroxyl groups is 3. The van der Waals surface area contributed by atoms with E-state index >= 15 is 0 Å². The van der Waals surface area contributed by atoms with Gasteiger partial charge in [0.2, 0.25) is 0 Å². The number of rotatable bonds is 3. The van der Waals surface area contributed by atoms with E-state index in [4.69, 9.17) is 5.11 Å². The average Bonchev–Trinajstić information content (AvgIpc) is 2.22. The maximum Gasteiger partial charge on any atom is 0.156 e. The Kier molecular flexibility index (Phi) is 3.91. The molecule has 0 aliphatic heterocycles. The Morgan fingerprint density at radius 2 is 2.12 bits per heavy atom. The Labute approximate surface area is 101 Å². The maximum atomic E-state index is 11.5. The number of hydrogen-bond acceptors (Lipinski definition) is 4. The molecule has 96 valence electrons. The van der Waals surface area contributed by atoms with Gasteiger partial charge in [0.05, 0.1) is 12.7 Å². The van der Waals surface area contributed by atoms with Gasteiger partial charge in [-0.05, 0) is 24.6 Å². The standard InChI is InChI=1S/C13H20O4/c1-9-6-11(16)7-12(2,3)13(9,17)5-4-10(15)8-14/h4-6,10,14-15,17H,7-8H2,1-3H3/b5-4+/t10-,13+/m1/s1. The fourth-order valence-corrected chi connectivity index (χ4v) is 2.17. The molecule has 1 aliphatic carbocycles. The summed E-state index contributed by atoms with van der Waals surface area (Å²) in [4.78, 5) is 11.5. The molecule has 17 heavy (non-hydrogen) atoms. The first-order valence-corrected chi connectivity index (χ1v) is 5.65. The quantitative estimate of drug-likeness (QED) is 0.630. The monoisotopic (exact) mass is 240 g/mol. The van der Waals surface area contributed by atoms with Gasteiger partial charge in [0.25, 0.3) is 0 Å². The third kappa shape index (κ3) is 2.65. The van der Waals surface area contributed by atoms with Crippen molar-refractivity contribution in [1.82, 2.24) is 0 Å². The largest absolute Gasteiger partial charge is 0.393 e. The lowest BCUT2D eigenvalue weighted by Gasteiger charge is -2.44. The molecule has 0 amide bonds. The summed E-state index contributed by atoms with van der Waals surface area (Å²) >= 11 is 0. The van der Waals surface area contributed by atoms with Crippen molar-refractivity contribution in [1.29, 1.82) is 0 Å². The summed E-state index contributed by atoms with van der Waals surface area (Å²) in [6.07, 6.45) is 3.50. The summed E-state index contributed by atoms with van der Waals surface area (Å²) in [7, 11) is 0. The third-order valence-electron chi connectivity index (χ3n) is 3.37. The second kappa shape index (κ2) is 4.72. The Balaban J connectivity index is 3.10. The van der Waals surface area contributed by atoms with Crippen LogP contribution in [0.15, 0.2) is 23.8 Å². The average molecular weight is 240 g/mol. The van der Waals surface area contributed by atoms with Crippen LogP contribution in [-0.2, 0) is 4.79 Å². The molecule has 1 rings (SSSR count). The SMILES string of the molecule is CC1=CC(=O)CC(C)(C)[C@]1(O)/C=C/[C@@H](O)CO. The van der Waals surface area contributed by atoms with Crippen LogP contribution in [0.25, 0.3) is 0 Å². The van der Waals surface area contributed by atoms with Crippen molar-refractivity contribution in [2.45, 2.75) is 38.9 Å². The highest BCUT2D eigenvalue weighted by Crippen LogP contribution is 2.44. The van der Waals surface area contributed by atoms with Gasteiger partial charge in [-0.3, -0.25) is 4.79 Å². The molecule has 0 saturated heterocycles. The van der Waals surface area contributed by atoms with E-state index in [0.717, 1.165) is 0 Å². The van der Waals surface area contributed by atoms with Gasteiger partial charge >= 0.3 is 0 Å². The minimum Gasteiger partial charge on any atom is -0.393 e. The molecule has 0 heterocycles. The van der Waals surface area contributed by atoms with Crippen LogP contribution in [0.4, 0.5) is 0 Å². The first-order valence-electron chi connectivity index (χ1n) is 5.65. The van der Waals surface area contributed by atoms with E-state index in [-0.39, 0.29) is 12.2 Å². The number of hydrogen-bond donors (Lipinski definition) is 3. The molecule has 0 aromatic carbocycles. The lowest BCUT2D eigenvalue weighted by Crippen LogP contribution is -2.48. The number of carbonyl (C=O) groups is 1. The fourth-order valence-electron chi connectivity index (χ4n) is 2.17. The highest BCUT2D eigenvalue weighted by atomic mass is 16.3. The van der Waals surface area contributed by atoms with Crippen LogP contribution in [0, 0.1) is 5.41 Å². The minimum absolute atomic E-state index is 0.00622. The Morgan fingerprint density at radius 1 is 1.53 bits per heavy atom. The zero-order valence-corrected chi connectivity index (χ0v) is 10.5. The first-order chi connectivity index (χ1) is 7.73. The molecule has 4 nitrogen and oxygen atoms in total. The Bertz CT molecular complexity index is 368. The van der Waals surface area contributed by atoms with Crippen LogP contribution in [-0.4, -0.2) is 39.4 Å². The molecule has 0 aromatic heterocycles. The van der Waals surface area contributed by atoms with Crippen LogP contribution in [0.3, 0.4) is 0 Å². The second-order valence-corrected chi connectivity index (χ2v) is 5.23. The van der Waals surface area contributed by atoms with Crippen molar-refractivity contribution in [3.63, 3.8) is 0 Å². The molecule has 3 N–H and O–H groups in total. The molecule has 0 aromatic rings. The lowest BCUT2D eigenvalue weighted by atomic mass is 9.64. The molecule has 0 saturated carbocycles. The molecule has 0 fully saturated rings. The highest BCUT2D eigenvalue weighted by Gasteiger charge is 2.46. The Hall–Kier alpha value is -0.970. The van der Waals surface area contributed by atoms with E-state index in [1.54, 1.807) is 20.8 Å². The molecule has 0 bridgehead atoms. The van der Waals surface area contributed by atoms with E-state index in [1.807, 2.05) is 0 Å². The molecule has 0 radical (unpaired) electrons. The second-order valence-electron chi connectivity index (χ2n) is 5.23. The molecule has 0 spiro atoms. The van der Waals surface area contributed by atoms with Gasteiger partial charge in [0.1, 0.15) is 5.60 Å². The summed E-state index contributed by atoms with van der Waals surface area (Å²) in [5.41, 5.74) is -1.34. The van der Waals surface area contributed by atoms with E-state index in [0.29, 0.717) is 5.57 Å². The number of ketones is 1. The van der Waals surface area contributed by atoms with Gasteiger partial charge in [0, 0.05) is 11.8 Å². The minimum atomic E-state index is -1.27. The first kappa shape index (κ1) is 14.1. The van der Waals surface area contributed by atoms with E-state index < -0.39 is 23.7 Å². The van der Waals surface area contributed by atoms with Crippen molar-refractivity contribution < 1.29 is 20.1 Å². The van der Waals surface area contributed by atoms with Crippen molar-refractivity contribution >= 4 is 5.78 Å². The fraction of sp³-hybridized carbons (Fsp3) is 0.615. The topological polar surface area (TPSA) is 77.8 Å². The van der Waals surface area contributed by atoms with E-state index in [1.165, 1.54) is 18.2 Å². The molecule has 1 aliphatic rings. The van der Waals surface area contributed by atoms with Crippen LogP contribution >= 0.6 is 0 Å². The normalized spacial score (nSPS) is 30.5. The summed E-state index contributed by atoms with van der Waals surface area (Å²) < 4.78 is 0. The van der Waals surface area contributed by atoms with E-state index in [2.05, 4.69) is 0 Å². The van der Waals surface area contributed by atoms with Gasteiger partial charge in [0.15, 0.2) is 5.78 Å². The van der Waals surface area contributed by atoms with Crippen molar-refractivity contribution in [2.24, 2.45) is 5.41 Å². The van der Waals surface area contributed by atoms with Crippen LogP contribution in [0.5, 0.6) is 0 Å². The van der Waals surface area contributed by atoms with Crippen LogP contribution < -0.4 is 0 Å². The summed E-state index contributed by atoms with van der Waals surface area (Å²) in [5, 5.41) is 28.6. The lowest BCUT2D eigenvalue weighted by molar-refractivity contribution is -0.121. The summed E-state index contributed by atoms with van der Waals surface area (Å²) in [6, 6.07) is 0. The predicted octanol–water partition coefficient (Wildman–Crippen LogP) is 0.572. The summed E-state index contributed by atoms with van der Waals surface area (Å²) in [6.45, 7) is 4.90. The van der Waals surface area contributed by atoms with E-state index in [9.17, 15) is 15.0 Å². The summed E-state index contributed by atoms with van der Waals surface area (Å²) in [5.74, 6) is -0.00622. The van der Waals surface area contributed by atoms with Gasteiger partial charge in [-0.2, -0.15) is 0 Å². The molecular formula is C13H20O4. The van der Waals surface area contributed by atoms with Crippen molar-refractivity contribution in [3.05, 3.63) is 23.8 Å². The highest BCUT2D eigenvalue weighted by molar-refractivity contribution is 5.92. The molecule has 4 heteroatoms. The van der Waals surface area contributed by atoms with Crippen molar-refractivity contribution in [2.75, 3.05) is 6.61 Å². The predicted molar refractivity (Wildman–Crippen MR) is 64.3 cm³/mol. The maximum absolute atomic E-state index is 11.5. The molecular weight excluding hydrogens is 220 g/mol. The molecule has 2 atom stereocenters. The number of aliphatic hydroxyl groups excluding tert-OH is 2. The van der Waals surface area contributed by atoms with Gasteiger partial charge in [-0.25, -0.2) is 0 Å². The van der Waals surface area contributed by atoms with Gasteiger partial charge in [-0.15, -0.1) is 0 Å². The molecule has 0 unspecified atom stereocenters. The van der Waals surface area contributed by atoms with Gasteiger partial charge in [-0.1, -0.05) is 19.9 Å². The smallest absolute Gasteiger partial charge is 0.156 e. The third-order valence-corrected chi connectivity index (χ3v) is 3.37. The zero-order chi connectivity index (χ0) is 13.3. The zero-order valence-electron chi connectivity index (χ0n) is 10.5. The Morgan fingerprint density at radius 3 is 2.59 bits per heavy atom. The number of allylic oxidation sites excluding steroid dienone is 1. The van der Waals surface area contributed by atoms with Gasteiger partial charge < -0.3 is 15.3 Å². The van der Waals surface area contributed by atoms with Crippen LogP contribution in [0.2, 0.25) is 0 Å². The van der Waals surface area contributed by atoms with Crippen LogP contribution in [0.1, 0.15) is 27.2 Å².